The van der Waals surface area contributed by atoms with Crippen molar-refractivity contribution in [2.45, 2.75) is 64.0 Å². The molecule has 2 aromatic rings. The van der Waals surface area contributed by atoms with Gasteiger partial charge in [-0.3, -0.25) is 9.48 Å². The monoisotopic (exact) mass is 313 g/mol. The van der Waals surface area contributed by atoms with Crippen molar-refractivity contribution >= 4 is 5.91 Å². The van der Waals surface area contributed by atoms with Gasteiger partial charge in [-0.15, -0.1) is 0 Å². The number of rotatable bonds is 4. The third-order valence-corrected chi connectivity index (χ3v) is 5.12. The van der Waals surface area contributed by atoms with Crippen LogP contribution in [0.15, 0.2) is 22.8 Å². The number of hydrogen-bond acceptors (Lipinski definition) is 3. The molecular weight excluding hydrogens is 290 g/mol. The Hall–Kier alpha value is -2.04. The lowest BCUT2D eigenvalue weighted by molar-refractivity contribution is 0.0922. The molecule has 1 fully saturated rings. The zero-order chi connectivity index (χ0) is 15.6. The van der Waals surface area contributed by atoms with Gasteiger partial charge in [0.2, 0.25) is 0 Å². The molecule has 2 aliphatic rings. The molecule has 2 aliphatic carbocycles. The molecule has 0 atom stereocenters. The third kappa shape index (κ3) is 2.80. The van der Waals surface area contributed by atoms with Crippen molar-refractivity contribution in [2.75, 3.05) is 0 Å². The molecule has 1 saturated carbocycles. The summed E-state index contributed by atoms with van der Waals surface area (Å²) >= 11 is 0. The van der Waals surface area contributed by atoms with Gasteiger partial charge < -0.3 is 9.73 Å². The maximum atomic E-state index is 12.1. The fourth-order valence-electron chi connectivity index (χ4n) is 3.96. The lowest BCUT2D eigenvalue weighted by atomic mass is 9.95. The van der Waals surface area contributed by atoms with Crippen LogP contribution in [0.4, 0.5) is 0 Å². The number of amides is 1. The average molecular weight is 313 g/mol. The van der Waals surface area contributed by atoms with Gasteiger partial charge in [-0.25, -0.2) is 0 Å². The number of carbonyl (C=O) groups is 1. The molecule has 0 radical (unpaired) electrons. The van der Waals surface area contributed by atoms with Crippen LogP contribution in [0, 0.1) is 0 Å². The number of hydrogen-bond donors (Lipinski definition) is 1. The van der Waals surface area contributed by atoms with E-state index >= 15 is 0 Å². The highest BCUT2D eigenvalue weighted by Crippen LogP contribution is 2.34. The first-order valence-corrected chi connectivity index (χ1v) is 8.74. The van der Waals surface area contributed by atoms with Crippen molar-refractivity contribution < 1.29 is 9.21 Å². The summed E-state index contributed by atoms with van der Waals surface area (Å²) in [5.41, 5.74) is 3.85. The minimum atomic E-state index is -0.171. The lowest BCUT2D eigenvalue weighted by Gasteiger charge is -2.18. The van der Waals surface area contributed by atoms with Crippen LogP contribution in [0.1, 0.15) is 72.1 Å². The van der Waals surface area contributed by atoms with E-state index in [1.165, 1.54) is 56.0 Å². The van der Waals surface area contributed by atoms with Crippen LogP contribution in [-0.2, 0) is 19.4 Å². The van der Waals surface area contributed by atoms with Gasteiger partial charge in [0.25, 0.3) is 5.91 Å². The molecule has 0 unspecified atom stereocenters. The van der Waals surface area contributed by atoms with Crippen LogP contribution in [0.25, 0.3) is 0 Å². The summed E-state index contributed by atoms with van der Waals surface area (Å²) in [7, 11) is 0. The van der Waals surface area contributed by atoms with Crippen LogP contribution in [0.2, 0.25) is 0 Å². The highest BCUT2D eigenvalue weighted by Gasteiger charge is 2.26. The van der Waals surface area contributed by atoms with Crippen LogP contribution < -0.4 is 5.32 Å². The zero-order valence-corrected chi connectivity index (χ0v) is 13.4. The molecule has 4 rings (SSSR count). The Labute approximate surface area is 136 Å². The zero-order valence-electron chi connectivity index (χ0n) is 13.4. The summed E-state index contributed by atoms with van der Waals surface area (Å²) in [5, 5.41) is 7.85. The van der Waals surface area contributed by atoms with E-state index in [2.05, 4.69) is 10.00 Å². The molecule has 1 amide bonds. The van der Waals surface area contributed by atoms with Gasteiger partial charge in [0.1, 0.15) is 0 Å². The minimum absolute atomic E-state index is 0.171. The second-order valence-corrected chi connectivity index (χ2v) is 6.62. The minimum Gasteiger partial charge on any atom is -0.459 e. The van der Waals surface area contributed by atoms with Crippen LogP contribution in [0.3, 0.4) is 0 Å². The van der Waals surface area contributed by atoms with Crippen LogP contribution in [-0.4, -0.2) is 15.7 Å². The van der Waals surface area contributed by atoms with Gasteiger partial charge in [0.15, 0.2) is 5.76 Å². The Bertz CT molecular complexity index is 681. The third-order valence-electron chi connectivity index (χ3n) is 5.12. The molecule has 2 aromatic heterocycles. The van der Waals surface area contributed by atoms with E-state index in [1.807, 2.05) is 0 Å². The molecule has 5 nitrogen and oxygen atoms in total. The molecule has 0 aliphatic heterocycles. The quantitative estimate of drug-likeness (QED) is 0.941. The van der Waals surface area contributed by atoms with E-state index < -0.39 is 0 Å². The first-order valence-electron chi connectivity index (χ1n) is 8.74. The van der Waals surface area contributed by atoms with Crippen molar-refractivity contribution in [3.8, 4) is 0 Å². The van der Waals surface area contributed by atoms with Gasteiger partial charge in [-0.2, -0.15) is 5.10 Å². The smallest absolute Gasteiger partial charge is 0.287 e. The summed E-state index contributed by atoms with van der Waals surface area (Å²) in [6, 6.07) is 3.98. The number of fused-ring (bicyclic) bond motifs is 1. The molecule has 23 heavy (non-hydrogen) atoms. The molecule has 2 heterocycles. The summed E-state index contributed by atoms with van der Waals surface area (Å²) in [5.74, 6) is 0.184. The van der Waals surface area contributed by atoms with Gasteiger partial charge in [-0.1, -0.05) is 12.8 Å². The van der Waals surface area contributed by atoms with Gasteiger partial charge in [0, 0.05) is 5.69 Å². The lowest BCUT2D eigenvalue weighted by Crippen LogP contribution is -2.23. The molecule has 122 valence electrons. The van der Waals surface area contributed by atoms with Gasteiger partial charge >= 0.3 is 0 Å². The first kappa shape index (κ1) is 14.5. The Balaban J connectivity index is 1.54. The Morgan fingerprint density at radius 3 is 2.87 bits per heavy atom. The van der Waals surface area contributed by atoms with Crippen molar-refractivity contribution in [1.29, 1.82) is 0 Å². The molecule has 5 heteroatoms. The number of aromatic nitrogens is 2. The van der Waals surface area contributed by atoms with Crippen molar-refractivity contribution in [3.63, 3.8) is 0 Å². The van der Waals surface area contributed by atoms with E-state index in [-0.39, 0.29) is 5.91 Å². The number of furan rings is 1. The van der Waals surface area contributed by atoms with Crippen molar-refractivity contribution in [1.82, 2.24) is 15.1 Å². The summed E-state index contributed by atoms with van der Waals surface area (Å²) in [6.07, 6.45) is 11.3. The topological polar surface area (TPSA) is 60.1 Å². The van der Waals surface area contributed by atoms with E-state index in [1.54, 1.807) is 12.1 Å². The largest absolute Gasteiger partial charge is 0.459 e. The van der Waals surface area contributed by atoms with E-state index in [9.17, 15) is 4.79 Å². The Morgan fingerprint density at radius 1 is 1.26 bits per heavy atom. The highest BCUT2D eigenvalue weighted by atomic mass is 16.3. The van der Waals surface area contributed by atoms with Crippen molar-refractivity contribution in [3.05, 3.63) is 41.1 Å². The number of nitrogens with zero attached hydrogens (tertiary/aromatic N) is 2. The molecule has 0 saturated heterocycles. The molecular formula is C18H23N3O2. The van der Waals surface area contributed by atoms with E-state index in [0.29, 0.717) is 18.3 Å². The van der Waals surface area contributed by atoms with Gasteiger partial charge in [0.05, 0.1) is 24.5 Å². The van der Waals surface area contributed by atoms with E-state index in [4.69, 9.17) is 9.52 Å². The summed E-state index contributed by atoms with van der Waals surface area (Å²) < 4.78 is 7.43. The average Bonchev–Trinajstić information content (AvgIpc) is 3.31. The maximum absolute atomic E-state index is 12.1. The highest BCUT2D eigenvalue weighted by molar-refractivity contribution is 5.91. The number of nitrogens with one attached hydrogen (secondary N) is 1. The Morgan fingerprint density at radius 2 is 2.09 bits per heavy atom. The molecule has 0 aromatic carbocycles. The fraction of sp³-hybridized carbons (Fsp3) is 0.556. The Kier molecular flexibility index (Phi) is 3.93. The first-order chi connectivity index (χ1) is 11.3. The summed E-state index contributed by atoms with van der Waals surface area (Å²) in [6.45, 7) is 0.488. The second kappa shape index (κ2) is 6.22. The predicted octanol–water partition coefficient (Wildman–Crippen LogP) is 3.40. The van der Waals surface area contributed by atoms with Gasteiger partial charge in [-0.05, 0) is 56.2 Å². The van der Waals surface area contributed by atoms with Crippen molar-refractivity contribution in [2.24, 2.45) is 0 Å². The van der Waals surface area contributed by atoms with Crippen LogP contribution in [0.5, 0.6) is 0 Å². The normalized spacial score (nSPS) is 18.1. The molecule has 0 spiro atoms. The SMILES string of the molecule is O=C(NCc1nn(C2CCCC2)c2c1CCCC2)c1ccco1. The standard InChI is InChI=1S/C18H23N3O2/c22-18(17-10-5-11-23-17)19-12-15-14-8-3-4-9-16(14)21(20-15)13-6-1-2-7-13/h5,10-11,13H,1-4,6-9,12H2,(H,19,22). The maximum Gasteiger partial charge on any atom is 0.287 e. The fourth-order valence-corrected chi connectivity index (χ4v) is 3.96. The predicted molar refractivity (Wildman–Crippen MR) is 86.3 cm³/mol. The van der Waals surface area contributed by atoms with Crippen LogP contribution >= 0.6 is 0 Å². The second-order valence-electron chi connectivity index (χ2n) is 6.62. The molecule has 1 N–H and O–H groups in total. The number of carbonyl (C=O) groups excluding carboxylic acids is 1. The molecule has 0 bridgehead atoms. The summed E-state index contributed by atoms with van der Waals surface area (Å²) in [4.78, 5) is 12.1. The van der Waals surface area contributed by atoms with E-state index in [0.717, 1.165) is 18.5 Å².